The number of hydrogen-bond donors (Lipinski definition) is 4. The Morgan fingerprint density at radius 2 is 1.71 bits per heavy atom. The van der Waals surface area contributed by atoms with Gasteiger partial charge in [-0.3, -0.25) is 10.2 Å². The quantitative estimate of drug-likeness (QED) is 0.227. The molecule has 0 atom stereocenters. The topological polar surface area (TPSA) is 139 Å². The van der Waals surface area contributed by atoms with E-state index in [2.05, 4.69) is 5.32 Å². The molecule has 34 heavy (non-hydrogen) atoms. The van der Waals surface area contributed by atoms with E-state index in [1.807, 2.05) is 0 Å². The lowest BCUT2D eigenvalue weighted by molar-refractivity contribution is -0.114. The molecule has 0 saturated heterocycles. The van der Waals surface area contributed by atoms with Crippen LogP contribution in [0.5, 0.6) is 0 Å². The van der Waals surface area contributed by atoms with Crippen molar-refractivity contribution < 1.29 is 22.0 Å². The molecular weight excluding hydrogens is 462 g/mol. The largest absolute Gasteiger partial charge is 0.384 e. The van der Waals surface area contributed by atoms with E-state index in [1.54, 1.807) is 31.2 Å². The van der Waals surface area contributed by atoms with Crippen molar-refractivity contribution in [3.05, 3.63) is 89.5 Å². The summed E-state index contributed by atoms with van der Waals surface area (Å²) in [5.41, 5.74) is 6.41. The van der Waals surface area contributed by atoms with Gasteiger partial charge in [0.1, 0.15) is 11.7 Å². The first kappa shape index (κ1) is 24.7. The molecule has 0 heterocycles. The summed E-state index contributed by atoms with van der Waals surface area (Å²) < 4.78 is 53.4. The smallest absolute Gasteiger partial charge is 0.284 e. The van der Waals surface area contributed by atoms with Crippen molar-refractivity contribution in [1.29, 1.82) is 5.41 Å². The molecule has 10 heteroatoms. The van der Waals surface area contributed by atoms with Gasteiger partial charge in [-0.2, -0.15) is 0 Å². The lowest BCUT2D eigenvalue weighted by Gasteiger charge is -2.12. The first-order chi connectivity index (χ1) is 16.0. The summed E-state index contributed by atoms with van der Waals surface area (Å²) in [4.78, 5) is 12.3. The van der Waals surface area contributed by atoms with Gasteiger partial charge >= 0.3 is 0 Å². The Bertz CT molecular complexity index is 1420. The molecule has 0 fully saturated rings. The molecule has 0 radical (unpaired) electrons. The van der Waals surface area contributed by atoms with Crippen molar-refractivity contribution in [2.75, 3.05) is 5.32 Å². The van der Waals surface area contributed by atoms with Crippen LogP contribution < -0.4 is 16.2 Å². The molecule has 1 amide bonds. The number of carbonyl (C=O) groups is 1. The zero-order valence-corrected chi connectivity index (χ0v) is 18.9. The summed E-state index contributed by atoms with van der Waals surface area (Å²) in [6.45, 7) is 1.65. The fourth-order valence-electron chi connectivity index (χ4n) is 3.41. The van der Waals surface area contributed by atoms with E-state index in [1.165, 1.54) is 36.4 Å². The number of carbonyl (C=O) groups excluding carboxylic acids is 1. The van der Waals surface area contributed by atoms with Gasteiger partial charge in [0.15, 0.2) is 5.83 Å². The van der Waals surface area contributed by atoms with Crippen LogP contribution in [0.2, 0.25) is 0 Å². The van der Waals surface area contributed by atoms with Crippen molar-refractivity contribution in [3.63, 3.8) is 0 Å². The van der Waals surface area contributed by atoms with Crippen LogP contribution in [0.4, 0.5) is 14.5 Å². The van der Waals surface area contributed by atoms with Crippen LogP contribution in [0.15, 0.2) is 77.5 Å². The fraction of sp³-hybridized carbons (Fsp3) is 0.0833. The first-order valence-corrected chi connectivity index (χ1v) is 11.6. The number of sulfonamides is 1. The molecule has 3 aromatic carbocycles. The van der Waals surface area contributed by atoms with E-state index in [-0.39, 0.29) is 39.5 Å². The zero-order valence-electron chi connectivity index (χ0n) is 18.1. The monoisotopic (exact) mass is 484 g/mol. The van der Waals surface area contributed by atoms with Gasteiger partial charge in [-0.15, -0.1) is 0 Å². The Kier molecular flexibility index (Phi) is 7.23. The molecule has 0 unspecified atom stereocenters. The molecule has 6 N–H and O–H groups in total. The molecule has 0 aliphatic heterocycles. The number of benzene rings is 3. The molecule has 3 aromatic rings. The molecule has 3 rings (SSSR count). The van der Waals surface area contributed by atoms with Crippen molar-refractivity contribution >= 4 is 33.0 Å². The zero-order chi connectivity index (χ0) is 25.0. The number of allylic oxidation sites excluding steroid dienone is 1. The minimum Gasteiger partial charge on any atom is -0.384 e. The standard InChI is InChI=1S/C24H22F2N4O3S/c1-2-17(14-6-5-7-16(12-14)23(27)28)22(26)24(31)30-20-11-10-15(13-19(20)25)18-8-3-4-9-21(18)34(29,32)33/h3-13H,2H2,1H3,(H3,27,28)(H,30,31)(H2,29,32,33)/b22-17+. The number of amidine groups is 1. The Morgan fingerprint density at radius 1 is 1.03 bits per heavy atom. The van der Waals surface area contributed by atoms with Gasteiger partial charge in [-0.1, -0.05) is 49.4 Å². The van der Waals surface area contributed by atoms with Crippen LogP contribution in [-0.2, 0) is 14.8 Å². The van der Waals surface area contributed by atoms with E-state index in [4.69, 9.17) is 16.3 Å². The number of primary sulfonamides is 1. The van der Waals surface area contributed by atoms with Crippen LogP contribution >= 0.6 is 0 Å². The summed E-state index contributed by atoms with van der Waals surface area (Å²) in [5, 5.41) is 15.0. The minimum atomic E-state index is -4.05. The average Bonchev–Trinajstić information content (AvgIpc) is 2.80. The van der Waals surface area contributed by atoms with E-state index in [0.717, 1.165) is 6.07 Å². The van der Waals surface area contributed by atoms with Crippen LogP contribution in [0.25, 0.3) is 16.7 Å². The third-order valence-electron chi connectivity index (χ3n) is 5.06. The van der Waals surface area contributed by atoms with Gasteiger partial charge in [0, 0.05) is 16.7 Å². The highest BCUT2D eigenvalue weighted by Gasteiger charge is 2.19. The van der Waals surface area contributed by atoms with Gasteiger partial charge in [0.2, 0.25) is 10.0 Å². The third kappa shape index (κ3) is 5.36. The predicted octanol–water partition coefficient (Wildman–Crippen LogP) is 4.15. The minimum absolute atomic E-state index is 0.0692. The van der Waals surface area contributed by atoms with Crippen molar-refractivity contribution in [1.82, 2.24) is 0 Å². The number of halogens is 2. The lowest BCUT2D eigenvalue weighted by Crippen LogP contribution is -2.15. The second-order valence-corrected chi connectivity index (χ2v) is 8.86. The highest BCUT2D eigenvalue weighted by molar-refractivity contribution is 7.89. The molecular formula is C24H22F2N4O3S. The van der Waals surface area contributed by atoms with Crippen molar-refractivity contribution in [2.45, 2.75) is 18.2 Å². The normalized spacial score (nSPS) is 12.1. The molecule has 0 bridgehead atoms. The van der Waals surface area contributed by atoms with Gasteiger partial charge in [0.05, 0.1) is 10.6 Å². The number of nitrogens with one attached hydrogen (secondary N) is 2. The van der Waals surface area contributed by atoms with Crippen LogP contribution in [-0.4, -0.2) is 20.2 Å². The highest BCUT2D eigenvalue weighted by Crippen LogP contribution is 2.30. The Labute approximate surface area is 195 Å². The Balaban J connectivity index is 1.92. The van der Waals surface area contributed by atoms with E-state index in [0.29, 0.717) is 11.1 Å². The predicted molar refractivity (Wildman–Crippen MR) is 128 cm³/mol. The highest BCUT2D eigenvalue weighted by atomic mass is 32.2. The average molecular weight is 485 g/mol. The molecule has 176 valence electrons. The number of nitrogens with two attached hydrogens (primary N) is 2. The molecule has 0 aromatic heterocycles. The van der Waals surface area contributed by atoms with Crippen molar-refractivity contribution in [2.24, 2.45) is 10.9 Å². The number of hydrogen-bond acceptors (Lipinski definition) is 4. The Morgan fingerprint density at radius 3 is 2.32 bits per heavy atom. The number of rotatable bonds is 7. The maximum atomic E-state index is 15.0. The van der Waals surface area contributed by atoms with Gasteiger partial charge < -0.3 is 11.1 Å². The van der Waals surface area contributed by atoms with Crippen LogP contribution in [0.1, 0.15) is 24.5 Å². The van der Waals surface area contributed by atoms with E-state index < -0.39 is 27.6 Å². The number of amides is 1. The second kappa shape index (κ2) is 9.94. The lowest BCUT2D eigenvalue weighted by atomic mass is 9.99. The Hall–Kier alpha value is -3.89. The molecule has 0 spiro atoms. The first-order valence-electron chi connectivity index (χ1n) is 10.1. The second-order valence-electron chi connectivity index (χ2n) is 7.33. The molecule has 0 aliphatic carbocycles. The summed E-state index contributed by atoms with van der Waals surface area (Å²) in [6, 6.07) is 15.7. The van der Waals surface area contributed by atoms with Gasteiger partial charge in [-0.25, -0.2) is 22.3 Å². The van der Waals surface area contributed by atoms with E-state index in [9.17, 15) is 17.6 Å². The number of anilines is 1. The fourth-order valence-corrected chi connectivity index (χ4v) is 4.17. The van der Waals surface area contributed by atoms with Crippen molar-refractivity contribution in [3.8, 4) is 11.1 Å². The third-order valence-corrected chi connectivity index (χ3v) is 6.03. The van der Waals surface area contributed by atoms with Crippen LogP contribution in [0, 0.1) is 11.2 Å². The number of nitrogen functional groups attached to an aromatic ring is 1. The summed E-state index contributed by atoms with van der Waals surface area (Å²) >= 11 is 0. The summed E-state index contributed by atoms with van der Waals surface area (Å²) in [7, 11) is -4.05. The van der Waals surface area contributed by atoms with Crippen LogP contribution in [0.3, 0.4) is 0 Å². The molecule has 7 nitrogen and oxygen atoms in total. The molecule has 0 saturated carbocycles. The SMILES string of the molecule is CC/C(=C(\F)C(=O)Nc1ccc(-c2ccccc2S(N)(=O)=O)cc1F)c1cccc(C(=N)N)c1. The summed E-state index contributed by atoms with van der Waals surface area (Å²) in [5.74, 6) is -3.35. The van der Waals surface area contributed by atoms with E-state index >= 15 is 4.39 Å². The maximum absolute atomic E-state index is 15.0. The molecule has 0 aliphatic rings. The summed E-state index contributed by atoms with van der Waals surface area (Å²) in [6.07, 6.45) is 0.159. The van der Waals surface area contributed by atoms with Gasteiger partial charge in [-0.05, 0) is 41.8 Å². The maximum Gasteiger partial charge on any atom is 0.284 e. The van der Waals surface area contributed by atoms with Gasteiger partial charge in [0.25, 0.3) is 5.91 Å².